The molecule has 1 amide bonds. The lowest BCUT2D eigenvalue weighted by atomic mass is 10.1. The zero-order chi connectivity index (χ0) is 19.4. The standard InChI is InChI=1S/C23H29N3O2/c1-25-13-2-3-14-26(16-19-7-11-24-12-8-19)17-20-5-4-6-21(15-20)28-18-23(9-10-23)22(25)27/h4-8,11-12,15H,2-3,9-10,13-14,16-18H2,1H3. The van der Waals surface area contributed by atoms with E-state index in [0.717, 1.165) is 57.6 Å². The summed E-state index contributed by atoms with van der Waals surface area (Å²) in [6.07, 6.45) is 7.67. The first kappa shape index (κ1) is 18.9. The molecule has 1 aromatic carbocycles. The highest BCUT2D eigenvalue weighted by atomic mass is 16.5. The molecule has 0 saturated heterocycles. The zero-order valence-corrected chi connectivity index (χ0v) is 16.6. The number of pyridine rings is 1. The van der Waals surface area contributed by atoms with E-state index in [1.165, 1.54) is 11.1 Å². The lowest BCUT2D eigenvalue weighted by Crippen LogP contribution is -2.38. The lowest BCUT2D eigenvalue weighted by Gasteiger charge is -2.26. The molecule has 4 rings (SSSR count). The molecule has 2 aromatic rings. The number of ether oxygens (including phenoxy) is 1. The monoisotopic (exact) mass is 379 g/mol. The molecule has 1 aliphatic heterocycles. The fourth-order valence-electron chi connectivity index (χ4n) is 3.94. The summed E-state index contributed by atoms with van der Waals surface area (Å²) in [6.45, 7) is 4.08. The van der Waals surface area contributed by atoms with Crippen molar-refractivity contribution in [2.45, 2.75) is 38.8 Å². The Morgan fingerprint density at radius 3 is 2.68 bits per heavy atom. The third-order valence-electron chi connectivity index (χ3n) is 5.85. The molecule has 2 heterocycles. The Labute approximate surface area is 167 Å². The summed E-state index contributed by atoms with van der Waals surface area (Å²) in [4.78, 5) is 21.4. The first-order valence-corrected chi connectivity index (χ1v) is 10.2. The van der Waals surface area contributed by atoms with Crippen molar-refractivity contribution in [2.24, 2.45) is 5.41 Å². The van der Waals surface area contributed by atoms with E-state index in [9.17, 15) is 4.79 Å². The molecular formula is C23H29N3O2. The van der Waals surface area contributed by atoms with Crippen LogP contribution in [0.4, 0.5) is 0 Å². The van der Waals surface area contributed by atoms with Crippen LogP contribution in [0.5, 0.6) is 5.75 Å². The van der Waals surface area contributed by atoms with E-state index in [1.807, 2.05) is 30.4 Å². The molecule has 5 nitrogen and oxygen atoms in total. The minimum atomic E-state index is -0.289. The smallest absolute Gasteiger partial charge is 0.231 e. The van der Waals surface area contributed by atoms with Gasteiger partial charge in [-0.3, -0.25) is 14.7 Å². The molecule has 1 aromatic heterocycles. The average Bonchev–Trinajstić information content (AvgIpc) is 3.50. The van der Waals surface area contributed by atoms with Crippen LogP contribution in [-0.4, -0.2) is 47.4 Å². The van der Waals surface area contributed by atoms with E-state index in [0.29, 0.717) is 6.61 Å². The van der Waals surface area contributed by atoms with Gasteiger partial charge in [0.2, 0.25) is 5.91 Å². The van der Waals surface area contributed by atoms with Gasteiger partial charge in [0, 0.05) is 39.1 Å². The Kier molecular flexibility index (Phi) is 5.62. The number of carbonyl (C=O) groups is 1. The van der Waals surface area contributed by atoms with Gasteiger partial charge in [-0.05, 0) is 67.6 Å². The van der Waals surface area contributed by atoms with Crippen molar-refractivity contribution < 1.29 is 9.53 Å². The summed E-state index contributed by atoms with van der Waals surface area (Å²) in [5.41, 5.74) is 2.23. The molecule has 0 unspecified atom stereocenters. The molecule has 1 saturated carbocycles. The number of aromatic nitrogens is 1. The van der Waals surface area contributed by atoms with Crippen LogP contribution in [0.2, 0.25) is 0 Å². The zero-order valence-electron chi connectivity index (χ0n) is 16.6. The average molecular weight is 380 g/mol. The van der Waals surface area contributed by atoms with E-state index in [2.05, 4.69) is 40.2 Å². The Bertz CT molecular complexity index is 805. The van der Waals surface area contributed by atoms with Gasteiger partial charge in [0.15, 0.2) is 0 Å². The molecule has 28 heavy (non-hydrogen) atoms. The minimum absolute atomic E-state index is 0.245. The van der Waals surface area contributed by atoms with Gasteiger partial charge >= 0.3 is 0 Å². The normalized spacial score (nSPS) is 20.5. The predicted molar refractivity (Wildman–Crippen MR) is 109 cm³/mol. The number of rotatable bonds is 2. The first-order valence-electron chi connectivity index (χ1n) is 10.2. The Morgan fingerprint density at radius 2 is 1.89 bits per heavy atom. The highest BCUT2D eigenvalue weighted by Gasteiger charge is 2.52. The van der Waals surface area contributed by atoms with Crippen LogP contribution in [0.1, 0.15) is 36.8 Å². The molecule has 148 valence electrons. The molecule has 1 fully saturated rings. The van der Waals surface area contributed by atoms with Crippen LogP contribution in [0.25, 0.3) is 0 Å². The molecular weight excluding hydrogens is 350 g/mol. The maximum Gasteiger partial charge on any atom is 0.231 e. The summed E-state index contributed by atoms with van der Waals surface area (Å²) in [6, 6.07) is 12.5. The molecule has 2 bridgehead atoms. The highest BCUT2D eigenvalue weighted by Crippen LogP contribution is 2.47. The minimum Gasteiger partial charge on any atom is -0.492 e. The SMILES string of the molecule is CN1CCCCN(Cc2ccncc2)Cc2cccc(c2)OCC2(CC2)C1=O. The van der Waals surface area contributed by atoms with Crippen LogP contribution >= 0.6 is 0 Å². The van der Waals surface area contributed by atoms with Gasteiger partial charge in [-0.15, -0.1) is 0 Å². The topological polar surface area (TPSA) is 45.7 Å². The second-order valence-corrected chi connectivity index (χ2v) is 8.22. The fraction of sp³-hybridized carbons (Fsp3) is 0.478. The van der Waals surface area contributed by atoms with Gasteiger partial charge in [-0.25, -0.2) is 0 Å². The summed E-state index contributed by atoms with van der Waals surface area (Å²) in [5.74, 6) is 1.11. The maximum atomic E-state index is 12.9. The molecule has 0 radical (unpaired) electrons. The first-order chi connectivity index (χ1) is 13.6. The lowest BCUT2D eigenvalue weighted by molar-refractivity contribution is -0.136. The van der Waals surface area contributed by atoms with Crippen LogP contribution in [0.3, 0.4) is 0 Å². The quantitative estimate of drug-likeness (QED) is 0.801. The van der Waals surface area contributed by atoms with Gasteiger partial charge < -0.3 is 9.64 Å². The van der Waals surface area contributed by atoms with Crippen LogP contribution in [-0.2, 0) is 17.9 Å². The maximum absolute atomic E-state index is 12.9. The summed E-state index contributed by atoms with van der Waals surface area (Å²) in [5, 5.41) is 0. The van der Waals surface area contributed by atoms with Gasteiger partial charge in [0.1, 0.15) is 12.4 Å². The largest absolute Gasteiger partial charge is 0.492 e. The van der Waals surface area contributed by atoms with Crippen LogP contribution in [0, 0.1) is 5.41 Å². The Hall–Kier alpha value is -2.40. The van der Waals surface area contributed by atoms with Crippen molar-refractivity contribution in [2.75, 3.05) is 26.7 Å². The number of hydrogen-bond donors (Lipinski definition) is 0. The predicted octanol–water partition coefficient (Wildman–Crippen LogP) is 3.50. The molecule has 1 aliphatic carbocycles. The Morgan fingerprint density at radius 1 is 1.11 bits per heavy atom. The van der Waals surface area contributed by atoms with Gasteiger partial charge in [0.05, 0.1) is 5.41 Å². The summed E-state index contributed by atoms with van der Waals surface area (Å²) >= 11 is 0. The molecule has 5 heteroatoms. The molecule has 0 N–H and O–H groups in total. The Balaban J connectivity index is 1.52. The number of fused-ring (bicyclic) bond motifs is 2. The number of amides is 1. The van der Waals surface area contributed by atoms with E-state index in [1.54, 1.807) is 0 Å². The van der Waals surface area contributed by atoms with E-state index in [-0.39, 0.29) is 11.3 Å². The van der Waals surface area contributed by atoms with Crippen molar-refractivity contribution in [1.29, 1.82) is 0 Å². The number of carbonyl (C=O) groups excluding carboxylic acids is 1. The summed E-state index contributed by atoms with van der Waals surface area (Å²) < 4.78 is 6.07. The van der Waals surface area contributed by atoms with Crippen molar-refractivity contribution in [3.63, 3.8) is 0 Å². The fourth-order valence-corrected chi connectivity index (χ4v) is 3.94. The third-order valence-corrected chi connectivity index (χ3v) is 5.85. The van der Waals surface area contributed by atoms with E-state index >= 15 is 0 Å². The second-order valence-electron chi connectivity index (χ2n) is 8.22. The van der Waals surface area contributed by atoms with Gasteiger partial charge in [0.25, 0.3) is 0 Å². The highest BCUT2D eigenvalue weighted by molar-refractivity contribution is 5.85. The van der Waals surface area contributed by atoms with Crippen molar-refractivity contribution in [3.05, 3.63) is 59.9 Å². The summed E-state index contributed by atoms with van der Waals surface area (Å²) in [7, 11) is 1.93. The molecule has 2 aliphatic rings. The number of nitrogens with zero attached hydrogens (tertiary/aromatic N) is 3. The van der Waals surface area contributed by atoms with Crippen LogP contribution in [0.15, 0.2) is 48.8 Å². The van der Waals surface area contributed by atoms with Crippen molar-refractivity contribution in [1.82, 2.24) is 14.8 Å². The number of hydrogen-bond acceptors (Lipinski definition) is 4. The van der Waals surface area contributed by atoms with Gasteiger partial charge in [-0.2, -0.15) is 0 Å². The van der Waals surface area contributed by atoms with Crippen LogP contribution < -0.4 is 4.74 Å². The van der Waals surface area contributed by atoms with E-state index in [4.69, 9.17) is 4.74 Å². The number of benzene rings is 1. The van der Waals surface area contributed by atoms with Gasteiger partial charge in [-0.1, -0.05) is 12.1 Å². The second kappa shape index (κ2) is 8.31. The molecule has 1 spiro atoms. The van der Waals surface area contributed by atoms with Crippen molar-refractivity contribution >= 4 is 5.91 Å². The van der Waals surface area contributed by atoms with Crippen molar-refractivity contribution in [3.8, 4) is 5.75 Å². The van der Waals surface area contributed by atoms with E-state index < -0.39 is 0 Å². The molecule has 0 atom stereocenters. The third kappa shape index (κ3) is 4.53.